The molecule has 2 aromatic carbocycles. The molecule has 1 amide bonds. The molecule has 0 aromatic heterocycles. The number of hydrogen-bond acceptors (Lipinski definition) is 4. The highest BCUT2D eigenvalue weighted by Gasteiger charge is 2.26. The number of morpholine rings is 1. The van der Waals surface area contributed by atoms with Gasteiger partial charge < -0.3 is 10.1 Å². The summed E-state index contributed by atoms with van der Waals surface area (Å²) in [5.74, 6) is -0.301. The lowest BCUT2D eigenvalue weighted by atomic mass is 10.1. The van der Waals surface area contributed by atoms with Gasteiger partial charge in [-0.25, -0.2) is 8.42 Å². The van der Waals surface area contributed by atoms with Gasteiger partial charge in [0, 0.05) is 25.2 Å². The van der Waals surface area contributed by atoms with Gasteiger partial charge in [0.15, 0.2) is 0 Å². The Labute approximate surface area is 153 Å². The standard InChI is InChI=1S/C19H22N2O4S/c1-15-5-7-16(8-6-15)14-20-19(22)17-3-2-4-18(13-17)26(23,24)21-9-11-25-12-10-21/h2-8,13H,9-12,14H2,1H3,(H,20,22). The lowest BCUT2D eigenvalue weighted by molar-refractivity contribution is 0.0730. The van der Waals surface area contributed by atoms with Crippen molar-refractivity contribution in [2.45, 2.75) is 18.4 Å². The second-order valence-electron chi connectivity index (χ2n) is 6.21. The second kappa shape index (κ2) is 7.99. The molecule has 3 rings (SSSR count). The fraction of sp³-hybridized carbons (Fsp3) is 0.316. The largest absolute Gasteiger partial charge is 0.379 e. The van der Waals surface area contributed by atoms with Crippen LogP contribution in [-0.4, -0.2) is 44.9 Å². The molecular weight excluding hydrogens is 352 g/mol. The molecule has 0 radical (unpaired) electrons. The van der Waals surface area contributed by atoms with Gasteiger partial charge in [0.25, 0.3) is 5.91 Å². The first kappa shape index (κ1) is 18.6. The van der Waals surface area contributed by atoms with Gasteiger partial charge in [0.05, 0.1) is 18.1 Å². The third kappa shape index (κ3) is 4.30. The third-order valence-corrected chi connectivity index (χ3v) is 6.17. The van der Waals surface area contributed by atoms with Gasteiger partial charge in [0.1, 0.15) is 0 Å². The summed E-state index contributed by atoms with van der Waals surface area (Å²) in [7, 11) is -3.62. The zero-order chi connectivity index (χ0) is 18.6. The number of nitrogens with one attached hydrogen (secondary N) is 1. The Hall–Kier alpha value is -2.22. The number of carbonyl (C=O) groups excluding carboxylic acids is 1. The number of hydrogen-bond donors (Lipinski definition) is 1. The fourth-order valence-electron chi connectivity index (χ4n) is 2.72. The Morgan fingerprint density at radius 3 is 2.50 bits per heavy atom. The maximum absolute atomic E-state index is 12.7. The van der Waals surface area contributed by atoms with Gasteiger partial charge in [-0.15, -0.1) is 0 Å². The van der Waals surface area contributed by atoms with Gasteiger partial charge >= 0.3 is 0 Å². The summed E-state index contributed by atoms with van der Waals surface area (Å²) in [5.41, 5.74) is 2.47. The van der Waals surface area contributed by atoms with Crippen molar-refractivity contribution in [3.05, 3.63) is 65.2 Å². The summed E-state index contributed by atoms with van der Waals surface area (Å²) in [6.45, 7) is 3.81. The average Bonchev–Trinajstić information content (AvgIpc) is 2.68. The topological polar surface area (TPSA) is 75.7 Å². The number of sulfonamides is 1. The minimum absolute atomic E-state index is 0.127. The molecule has 26 heavy (non-hydrogen) atoms. The molecule has 0 atom stereocenters. The van der Waals surface area contributed by atoms with E-state index in [0.29, 0.717) is 38.4 Å². The molecule has 0 aliphatic carbocycles. The van der Waals surface area contributed by atoms with Crippen molar-refractivity contribution in [2.75, 3.05) is 26.3 Å². The van der Waals surface area contributed by atoms with Gasteiger partial charge in [-0.3, -0.25) is 4.79 Å². The van der Waals surface area contributed by atoms with Gasteiger partial charge in [-0.2, -0.15) is 4.31 Å². The van der Waals surface area contributed by atoms with Crippen molar-refractivity contribution in [1.29, 1.82) is 0 Å². The summed E-state index contributed by atoms with van der Waals surface area (Å²) in [5, 5.41) is 2.83. The van der Waals surface area contributed by atoms with E-state index >= 15 is 0 Å². The van der Waals surface area contributed by atoms with Crippen LogP contribution in [0.4, 0.5) is 0 Å². The average molecular weight is 374 g/mol. The van der Waals surface area contributed by atoms with Crippen LogP contribution < -0.4 is 5.32 Å². The molecule has 0 saturated carbocycles. The number of carbonyl (C=O) groups is 1. The van der Waals surface area contributed by atoms with Crippen LogP contribution >= 0.6 is 0 Å². The molecule has 1 fully saturated rings. The lowest BCUT2D eigenvalue weighted by Gasteiger charge is -2.26. The van der Waals surface area contributed by atoms with Crippen LogP contribution in [-0.2, 0) is 21.3 Å². The van der Waals surface area contributed by atoms with Crippen LogP contribution in [0.3, 0.4) is 0 Å². The smallest absolute Gasteiger partial charge is 0.251 e. The van der Waals surface area contributed by atoms with Crippen LogP contribution in [0.15, 0.2) is 53.4 Å². The molecule has 6 nitrogen and oxygen atoms in total. The highest BCUT2D eigenvalue weighted by molar-refractivity contribution is 7.89. The summed E-state index contributed by atoms with van der Waals surface area (Å²) >= 11 is 0. The molecule has 1 aliphatic rings. The fourth-order valence-corrected chi connectivity index (χ4v) is 4.18. The summed E-state index contributed by atoms with van der Waals surface area (Å²) in [6.07, 6.45) is 0. The summed E-state index contributed by atoms with van der Waals surface area (Å²) in [4.78, 5) is 12.5. The van der Waals surface area contributed by atoms with Gasteiger partial charge in [-0.1, -0.05) is 35.9 Å². The van der Waals surface area contributed by atoms with E-state index in [1.165, 1.54) is 16.4 Å². The first-order chi connectivity index (χ1) is 12.5. The van der Waals surface area contributed by atoms with E-state index in [9.17, 15) is 13.2 Å². The third-order valence-electron chi connectivity index (χ3n) is 4.28. The van der Waals surface area contributed by atoms with E-state index in [1.54, 1.807) is 12.1 Å². The van der Waals surface area contributed by atoms with Crippen LogP contribution in [0.1, 0.15) is 21.5 Å². The monoisotopic (exact) mass is 374 g/mol. The van der Waals surface area contributed by atoms with Gasteiger partial charge in [-0.05, 0) is 30.7 Å². The Morgan fingerprint density at radius 1 is 1.12 bits per heavy atom. The first-order valence-electron chi connectivity index (χ1n) is 8.48. The van der Waals surface area contributed by atoms with E-state index in [4.69, 9.17) is 4.74 Å². The van der Waals surface area contributed by atoms with E-state index in [0.717, 1.165) is 11.1 Å². The molecule has 138 valence electrons. The van der Waals surface area contributed by atoms with Crippen molar-refractivity contribution in [3.63, 3.8) is 0 Å². The normalized spacial score (nSPS) is 15.6. The molecule has 1 N–H and O–H groups in total. The van der Waals surface area contributed by atoms with Crippen LogP contribution in [0.5, 0.6) is 0 Å². The minimum atomic E-state index is -3.62. The predicted molar refractivity (Wildman–Crippen MR) is 98.4 cm³/mol. The highest BCUT2D eigenvalue weighted by Crippen LogP contribution is 2.18. The van der Waals surface area contributed by atoms with E-state index < -0.39 is 10.0 Å². The molecule has 1 saturated heterocycles. The quantitative estimate of drug-likeness (QED) is 0.868. The summed E-state index contributed by atoms with van der Waals surface area (Å²) in [6, 6.07) is 14.0. The highest BCUT2D eigenvalue weighted by atomic mass is 32.2. The van der Waals surface area contributed by atoms with Crippen molar-refractivity contribution < 1.29 is 17.9 Å². The van der Waals surface area contributed by atoms with Crippen LogP contribution in [0.25, 0.3) is 0 Å². The molecule has 0 bridgehead atoms. The molecule has 0 spiro atoms. The van der Waals surface area contributed by atoms with E-state index in [-0.39, 0.29) is 10.8 Å². The van der Waals surface area contributed by atoms with Gasteiger partial charge in [0.2, 0.25) is 10.0 Å². The number of rotatable bonds is 5. The van der Waals surface area contributed by atoms with E-state index in [1.807, 2.05) is 31.2 Å². The Balaban J connectivity index is 1.71. The zero-order valence-electron chi connectivity index (χ0n) is 14.6. The molecular formula is C19H22N2O4S. The Kier molecular flexibility index (Phi) is 5.70. The maximum Gasteiger partial charge on any atom is 0.251 e. The van der Waals surface area contributed by atoms with Crippen molar-refractivity contribution in [2.24, 2.45) is 0 Å². The molecule has 1 aliphatic heterocycles. The van der Waals surface area contributed by atoms with E-state index in [2.05, 4.69) is 5.32 Å². The molecule has 1 heterocycles. The van der Waals surface area contributed by atoms with Crippen LogP contribution in [0.2, 0.25) is 0 Å². The summed E-state index contributed by atoms with van der Waals surface area (Å²) < 4.78 is 32.0. The van der Waals surface area contributed by atoms with Crippen molar-refractivity contribution >= 4 is 15.9 Å². The van der Waals surface area contributed by atoms with Crippen LogP contribution in [0, 0.1) is 6.92 Å². The Bertz CT molecular complexity index is 873. The number of aryl methyl sites for hydroxylation is 1. The SMILES string of the molecule is Cc1ccc(CNC(=O)c2cccc(S(=O)(=O)N3CCOCC3)c2)cc1. The number of nitrogens with zero attached hydrogens (tertiary/aromatic N) is 1. The minimum Gasteiger partial charge on any atom is -0.379 e. The number of amides is 1. The Morgan fingerprint density at radius 2 is 1.81 bits per heavy atom. The number of ether oxygens (including phenoxy) is 1. The zero-order valence-corrected chi connectivity index (χ0v) is 15.5. The molecule has 7 heteroatoms. The molecule has 0 unspecified atom stereocenters. The second-order valence-corrected chi connectivity index (χ2v) is 8.15. The van der Waals surface area contributed by atoms with Crippen molar-refractivity contribution in [1.82, 2.24) is 9.62 Å². The maximum atomic E-state index is 12.7. The first-order valence-corrected chi connectivity index (χ1v) is 9.92. The predicted octanol–water partition coefficient (Wildman–Crippen LogP) is 1.95. The molecule has 2 aromatic rings. The number of benzene rings is 2. The lowest BCUT2D eigenvalue weighted by Crippen LogP contribution is -2.40. The van der Waals surface area contributed by atoms with Crippen molar-refractivity contribution in [3.8, 4) is 0 Å².